The Morgan fingerprint density at radius 3 is 2.46 bits per heavy atom. The smallest absolute Gasteiger partial charge is 0.204 e. The second kappa shape index (κ2) is 8.90. The summed E-state index contributed by atoms with van der Waals surface area (Å²) in [6, 6.07) is 0. The molecule has 0 aromatic carbocycles. The summed E-state index contributed by atoms with van der Waals surface area (Å²) in [5.41, 5.74) is 3.03. The van der Waals surface area contributed by atoms with Crippen LogP contribution in [-0.4, -0.2) is 41.8 Å². The topological polar surface area (TPSA) is 83.5 Å². The van der Waals surface area contributed by atoms with Gasteiger partial charge in [-0.15, -0.1) is 24.0 Å². The zero-order valence-electron chi connectivity index (χ0n) is 15.0. The average molecular weight is 447 g/mol. The summed E-state index contributed by atoms with van der Waals surface area (Å²) in [4.78, 5) is 10.6. The van der Waals surface area contributed by atoms with Crippen LogP contribution in [0, 0.1) is 13.8 Å². The second-order valence-electron chi connectivity index (χ2n) is 5.59. The van der Waals surface area contributed by atoms with Crippen LogP contribution in [0.15, 0.2) is 15.7 Å². The summed E-state index contributed by atoms with van der Waals surface area (Å²) in [6.45, 7) is 5.10. The van der Waals surface area contributed by atoms with Crippen LogP contribution in [0.25, 0.3) is 0 Å². The van der Waals surface area contributed by atoms with Crippen LogP contribution in [0.3, 0.4) is 0 Å². The molecule has 0 amide bonds. The fourth-order valence-electron chi connectivity index (χ4n) is 2.33. The SMILES string of the molecule is CN=C(NCc1c(C)noc1C)NCc1cnc(N(C)C)n1C.I. The molecule has 24 heavy (non-hydrogen) atoms. The van der Waals surface area contributed by atoms with Gasteiger partial charge in [0.05, 0.1) is 24.1 Å². The summed E-state index contributed by atoms with van der Waals surface area (Å²) in [5.74, 6) is 2.46. The Kier molecular flexibility index (Phi) is 7.52. The first-order valence-corrected chi connectivity index (χ1v) is 7.48. The molecule has 2 heterocycles. The van der Waals surface area contributed by atoms with Gasteiger partial charge < -0.3 is 24.6 Å². The molecule has 0 aliphatic heterocycles. The van der Waals surface area contributed by atoms with E-state index < -0.39 is 0 Å². The van der Waals surface area contributed by atoms with Crippen molar-refractivity contribution in [1.82, 2.24) is 25.3 Å². The lowest BCUT2D eigenvalue weighted by atomic mass is 10.2. The molecule has 0 bridgehead atoms. The van der Waals surface area contributed by atoms with Crippen molar-refractivity contribution in [2.24, 2.45) is 12.0 Å². The minimum atomic E-state index is 0. The number of nitrogens with one attached hydrogen (secondary N) is 2. The van der Waals surface area contributed by atoms with Crippen LogP contribution in [0.4, 0.5) is 5.95 Å². The number of guanidine groups is 1. The Labute approximate surface area is 159 Å². The standard InChI is InChI=1S/C15H25N7O.HI/c1-10-13(11(2)23-20-10)9-18-14(16-3)17-7-12-8-19-15(21(4)5)22(12)6;/h8H,7,9H2,1-6H3,(H2,16,17,18);1H. The van der Waals surface area contributed by atoms with Crippen molar-refractivity contribution < 1.29 is 4.52 Å². The van der Waals surface area contributed by atoms with Crippen molar-refractivity contribution in [2.45, 2.75) is 26.9 Å². The largest absolute Gasteiger partial charge is 0.361 e. The zero-order valence-corrected chi connectivity index (χ0v) is 17.4. The number of aryl methyl sites for hydroxylation is 2. The third-order valence-electron chi connectivity index (χ3n) is 3.73. The van der Waals surface area contributed by atoms with Gasteiger partial charge in [0.1, 0.15) is 5.76 Å². The maximum Gasteiger partial charge on any atom is 0.204 e. The molecule has 2 N–H and O–H groups in total. The van der Waals surface area contributed by atoms with Gasteiger partial charge in [0.25, 0.3) is 0 Å². The van der Waals surface area contributed by atoms with Gasteiger partial charge in [-0.25, -0.2) is 4.98 Å². The molecule has 2 aromatic rings. The van der Waals surface area contributed by atoms with Crippen molar-refractivity contribution in [3.8, 4) is 0 Å². The number of aromatic nitrogens is 3. The molecule has 0 fully saturated rings. The van der Waals surface area contributed by atoms with Gasteiger partial charge in [0.2, 0.25) is 5.95 Å². The Morgan fingerprint density at radius 1 is 1.29 bits per heavy atom. The van der Waals surface area contributed by atoms with Crippen LogP contribution in [-0.2, 0) is 20.1 Å². The van der Waals surface area contributed by atoms with E-state index >= 15 is 0 Å². The number of aliphatic imine (C=N–C) groups is 1. The van der Waals surface area contributed by atoms with E-state index in [1.165, 1.54) is 0 Å². The summed E-state index contributed by atoms with van der Waals surface area (Å²) >= 11 is 0. The Balaban J connectivity index is 0.00000288. The monoisotopic (exact) mass is 447 g/mol. The van der Waals surface area contributed by atoms with E-state index in [2.05, 4.69) is 30.3 Å². The van der Waals surface area contributed by atoms with E-state index in [-0.39, 0.29) is 24.0 Å². The lowest BCUT2D eigenvalue weighted by molar-refractivity contribution is 0.392. The Hall–Kier alpha value is -1.78. The lowest BCUT2D eigenvalue weighted by Crippen LogP contribution is -2.37. The van der Waals surface area contributed by atoms with E-state index in [4.69, 9.17) is 4.52 Å². The molecule has 0 saturated heterocycles. The number of nitrogens with zero attached hydrogens (tertiary/aromatic N) is 5. The van der Waals surface area contributed by atoms with Gasteiger partial charge in [0, 0.05) is 40.3 Å². The molecule has 2 rings (SSSR count). The van der Waals surface area contributed by atoms with Gasteiger partial charge in [0.15, 0.2) is 5.96 Å². The fraction of sp³-hybridized carbons (Fsp3) is 0.533. The third kappa shape index (κ3) is 4.62. The summed E-state index contributed by atoms with van der Waals surface area (Å²) in [7, 11) is 7.70. The highest BCUT2D eigenvalue weighted by molar-refractivity contribution is 14.0. The number of rotatable bonds is 5. The molecule has 0 atom stereocenters. The van der Waals surface area contributed by atoms with Gasteiger partial charge >= 0.3 is 0 Å². The zero-order chi connectivity index (χ0) is 17.0. The second-order valence-corrected chi connectivity index (χ2v) is 5.59. The number of imidazole rings is 1. The highest BCUT2D eigenvalue weighted by Crippen LogP contribution is 2.12. The first kappa shape index (κ1) is 20.3. The van der Waals surface area contributed by atoms with Crippen molar-refractivity contribution in [3.05, 3.63) is 28.9 Å². The first-order chi connectivity index (χ1) is 10.9. The maximum atomic E-state index is 5.16. The Bertz CT molecular complexity index is 671. The van der Waals surface area contributed by atoms with Crippen molar-refractivity contribution in [1.29, 1.82) is 0 Å². The van der Waals surface area contributed by atoms with E-state index in [0.717, 1.165) is 34.6 Å². The van der Waals surface area contributed by atoms with Crippen LogP contribution in [0.1, 0.15) is 22.7 Å². The number of hydrogen-bond acceptors (Lipinski definition) is 5. The van der Waals surface area contributed by atoms with Crippen LogP contribution < -0.4 is 15.5 Å². The van der Waals surface area contributed by atoms with Crippen molar-refractivity contribution >= 4 is 35.9 Å². The summed E-state index contributed by atoms with van der Waals surface area (Å²) in [6.07, 6.45) is 1.86. The van der Waals surface area contributed by atoms with Crippen LogP contribution in [0.5, 0.6) is 0 Å². The highest BCUT2D eigenvalue weighted by atomic mass is 127. The minimum absolute atomic E-state index is 0. The van der Waals surface area contributed by atoms with Crippen molar-refractivity contribution in [3.63, 3.8) is 0 Å². The van der Waals surface area contributed by atoms with E-state index in [9.17, 15) is 0 Å². The number of halogens is 1. The van der Waals surface area contributed by atoms with Crippen LogP contribution in [0.2, 0.25) is 0 Å². The predicted molar refractivity (Wildman–Crippen MR) is 106 cm³/mol. The molecule has 9 heteroatoms. The lowest BCUT2D eigenvalue weighted by Gasteiger charge is -2.14. The molecular formula is C15H26IN7O. The first-order valence-electron chi connectivity index (χ1n) is 7.48. The minimum Gasteiger partial charge on any atom is -0.361 e. The quantitative estimate of drug-likeness (QED) is 0.412. The summed E-state index contributed by atoms with van der Waals surface area (Å²) in [5, 5.41) is 10.5. The molecule has 0 radical (unpaired) electrons. The fourth-order valence-corrected chi connectivity index (χ4v) is 2.33. The number of hydrogen-bond donors (Lipinski definition) is 2. The summed E-state index contributed by atoms with van der Waals surface area (Å²) < 4.78 is 7.22. The van der Waals surface area contributed by atoms with Gasteiger partial charge in [-0.2, -0.15) is 0 Å². The normalized spacial score (nSPS) is 11.2. The van der Waals surface area contributed by atoms with Gasteiger partial charge in [-0.3, -0.25) is 4.99 Å². The molecule has 0 aliphatic rings. The van der Waals surface area contributed by atoms with Gasteiger partial charge in [-0.1, -0.05) is 5.16 Å². The van der Waals surface area contributed by atoms with E-state index in [0.29, 0.717) is 13.1 Å². The van der Waals surface area contributed by atoms with Gasteiger partial charge in [-0.05, 0) is 13.8 Å². The van der Waals surface area contributed by atoms with E-state index in [1.807, 2.05) is 46.1 Å². The molecule has 0 aliphatic carbocycles. The highest BCUT2D eigenvalue weighted by Gasteiger charge is 2.11. The average Bonchev–Trinajstić information content (AvgIpc) is 3.03. The molecule has 0 saturated carbocycles. The molecule has 0 spiro atoms. The maximum absolute atomic E-state index is 5.16. The van der Waals surface area contributed by atoms with E-state index in [1.54, 1.807) is 7.05 Å². The molecule has 8 nitrogen and oxygen atoms in total. The third-order valence-corrected chi connectivity index (χ3v) is 3.73. The Morgan fingerprint density at radius 2 is 1.96 bits per heavy atom. The molecular weight excluding hydrogens is 421 g/mol. The molecule has 0 unspecified atom stereocenters. The van der Waals surface area contributed by atoms with Crippen molar-refractivity contribution in [2.75, 3.05) is 26.0 Å². The number of anilines is 1. The molecule has 134 valence electrons. The molecule has 2 aromatic heterocycles. The van der Waals surface area contributed by atoms with Crippen LogP contribution >= 0.6 is 24.0 Å². The predicted octanol–water partition coefficient (Wildman–Crippen LogP) is 1.57.